The van der Waals surface area contributed by atoms with E-state index in [4.69, 9.17) is 37.3 Å². The molecule has 4 aromatic heterocycles. The second-order valence-electron chi connectivity index (χ2n) is 24.8. The second-order valence-corrected chi connectivity index (χ2v) is 24.8. The predicted octanol–water partition coefficient (Wildman–Crippen LogP) is 14.4. The van der Waals surface area contributed by atoms with Crippen LogP contribution in [0.25, 0.3) is 43.7 Å². The Morgan fingerprint density at radius 2 is 0.896 bits per heavy atom. The van der Waals surface area contributed by atoms with Crippen LogP contribution in [-0.2, 0) is 64.1 Å². The topological polar surface area (TPSA) is 306 Å². The summed E-state index contributed by atoms with van der Waals surface area (Å²) in [6.45, 7) is 8.48. The maximum atomic E-state index is 14.1. The minimum Gasteiger partial charge on any atom is -0.457 e. The van der Waals surface area contributed by atoms with Crippen LogP contribution in [0.4, 0.5) is 19.2 Å². The number of para-hydroxylation sites is 4. The van der Waals surface area contributed by atoms with Crippen LogP contribution in [0.5, 0.6) is 0 Å². The van der Waals surface area contributed by atoms with Gasteiger partial charge in [-0.1, -0.05) is 146 Å². The Bertz CT molecular complexity index is 5220. The van der Waals surface area contributed by atoms with Gasteiger partial charge in [-0.2, -0.15) is 0 Å². The number of hydrogen-bond donors (Lipinski definition) is 4. The molecule has 0 bridgehead atoms. The summed E-state index contributed by atoms with van der Waals surface area (Å²) in [5.74, 6) is 1.21. The van der Waals surface area contributed by atoms with E-state index in [2.05, 4.69) is 44.9 Å². The molecular formula is C82H71N7O17. The number of hydrogen-bond acceptors (Lipinski definition) is 18. The van der Waals surface area contributed by atoms with E-state index in [1.54, 1.807) is 86.6 Å². The number of carbonyl (C=O) groups is 9. The van der Waals surface area contributed by atoms with Crippen LogP contribution in [0.2, 0.25) is 0 Å². The van der Waals surface area contributed by atoms with Crippen LogP contribution in [0.1, 0.15) is 110 Å². The minimum absolute atomic E-state index is 0.0426. The van der Waals surface area contributed by atoms with Gasteiger partial charge in [0.1, 0.15) is 40.1 Å². The molecule has 0 radical (unpaired) electrons. The summed E-state index contributed by atoms with van der Waals surface area (Å²) in [7, 11) is 0. The molecule has 8 aromatic carbocycles. The van der Waals surface area contributed by atoms with Crippen molar-refractivity contribution in [2.75, 3.05) is 13.6 Å². The Hall–Kier alpha value is -13.8. The lowest BCUT2D eigenvalue weighted by atomic mass is 9.91. The number of furan rings is 2. The smallest absolute Gasteiger partial charge is 0.421 e. The summed E-state index contributed by atoms with van der Waals surface area (Å²) in [5, 5.41) is 14.5. The largest absolute Gasteiger partial charge is 0.457 e. The zero-order valence-corrected chi connectivity index (χ0v) is 57.9. The van der Waals surface area contributed by atoms with Gasteiger partial charge in [0, 0.05) is 70.7 Å². The van der Waals surface area contributed by atoms with E-state index in [-0.39, 0.29) is 37.2 Å². The molecule has 0 aliphatic carbocycles. The zero-order chi connectivity index (χ0) is 74.7. The highest BCUT2D eigenvalue weighted by Crippen LogP contribution is 2.30. The molecule has 0 fully saturated rings. The summed E-state index contributed by atoms with van der Waals surface area (Å²) in [5.41, 5.74) is 3.39. The number of fused-ring (bicyclic) bond motifs is 4. The van der Waals surface area contributed by atoms with Crippen molar-refractivity contribution >= 4 is 105 Å². The van der Waals surface area contributed by atoms with E-state index in [1.165, 1.54) is 57.9 Å². The van der Waals surface area contributed by atoms with Crippen molar-refractivity contribution in [3.8, 4) is 12.0 Å². The molecule has 0 saturated heterocycles. The lowest BCUT2D eigenvalue weighted by molar-refractivity contribution is -0.128. The van der Waals surface area contributed by atoms with Crippen LogP contribution in [0, 0.1) is 12.0 Å². The van der Waals surface area contributed by atoms with Crippen LogP contribution < -0.4 is 21.3 Å². The fourth-order valence-electron chi connectivity index (χ4n) is 11.6. The minimum atomic E-state index is -1.57. The molecule has 4 atom stereocenters. The van der Waals surface area contributed by atoms with Crippen molar-refractivity contribution in [1.82, 2.24) is 30.4 Å². The van der Waals surface area contributed by atoms with Gasteiger partial charge in [0.2, 0.25) is 25.4 Å². The van der Waals surface area contributed by atoms with E-state index in [9.17, 15) is 43.2 Å². The molecule has 0 unspecified atom stereocenters. The van der Waals surface area contributed by atoms with Gasteiger partial charge in [0.15, 0.2) is 13.2 Å². The normalized spacial score (nSPS) is 12.6. The molecule has 12 rings (SSSR count). The maximum absolute atomic E-state index is 14.1. The third-order valence-electron chi connectivity index (χ3n) is 17.2. The second kappa shape index (κ2) is 33.8. The Balaban J connectivity index is 0.000000212. The number of benzene rings is 8. The number of nitrogens with one attached hydrogen (secondary N) is 4. The Morgan fingerprint density at radius 1 is 0.500 bits per heavy atom. The van der Waals surface area contributed by atoms with Crippen LogP contribution in [0.15, 0.2) is 245 Å². The zero-order valence-electron chi connectivity index (χ0n) is 57.9. The molecule has 4 heterocycles. The van der Waals surface area contributed by atoms with Crippen molar-refractivity contribution in [1.29, 1.82) is 0 Å². The molecule has 106 heavy (non-hydrogen) atoms. The van der Waals surface area contributed by atoms with Crippen molar-refractivity contribution in [3.63, 3.8) is 0 Å². The number of esters is 2. The van der Waals surface area contributed by atoms with Gasteiger partial charge in [-0.3, -0.25) is 23.5 Å². The van der Waals surface area contributed by atoms with E-state index >= 15 is 0 Å². The monoisotopic (exact) mass is 1430 g/mol. The fourth-order valence-corrected chi connectivity index (χ4v) is 11.6. The first kappa shape index (κ1) is 73.4. The van der Waals surface area contributed by atoms with E-state index in [0.29, 0.717) is 73.0 Å². The molecule has 4 amide bonds. The van der Waals surface area contributed by atoms with Crippen molar-refractivity contribution in [3.05, 3.63) is 287 Å². The number of aromatic nitrogens is 2. The van der Waals surface area contributed by atoms with Gasteiger partial charge in [-0.25, -0.2) is 33.8 Å². The highest BCUT2D eigenvalue weighted by molar-refractivity contribution is 5.97. The third kappa shape index (κ3) is 18.3. The molecule has 0 saturated carbocycles. The number of ether oxygens (including phenoxy) is 6. The molecule has 12 aromatic rings. The van der Waals surface area contributed by atoms with Gasteiger partial charge in [-0.05, 0) is 129 Å². The summed E-state index contributed by atoms with van der Waals surface area (Å²) in [6, 6.07) is 65.0. The average Bonchev–Trinajstić information content (AvgIpc) is 1.62. The molecular weight excluding hydrogens is 1350 g/mol. The molecule has 24 nitrogen and oxygen atoms in total. The van der Waals surface area contributed by atoms with Gasteiger partial charge in [-0.15, -0.1) is 0 Å². The Kier molecular flexibility index (Phi) is 23.4. The molecule has 4 N–H and O–H groups in total. The summed E-state index contributed by atoms with van der Waals surface area (Å²) in [6.07, 6.45) is 0.242. The Labute approximate surface area is 607 Å². The molecule has 0 aliphatic rings. The summed E-state index contributed by atoms with van der Waals surface area (Å²) >= 11 is 0. The lowest BCUT2D eigenvalue weighted by Crippen LogP contribution is -2.58. The van der Waals surface area contributed by atoms with Gasteiger partial charge in [0.05, 0.1) is 34.2 Å². The van der Waals surface area contributed by atoms with Crippen LogP contribution in [0.3, 0.4) is 0 Å². The average molecular weight is 1430 g/mol. The third-order valence-corrected chi connectivity index (χ3v) is 17.2. The van der Waals surface area contributed by atoms with Crippen molar-refractivity contribution in [2.24, 2.45) is 4.99 Å². The van der Waals surface area contributed by atoms with E-state index in [1.807, 2.05) is 123 Å². The van der Waals surface area contributed by atoms with Crippen molar-refractivity contribution in [2.45, 2.75) is 76.9 Å². The standard InChI is InChI=1S/C42H36N4O8.C40H35N3O9/c1-28(30-11-5-4-6-12-30)44-39(48)42(2,45-40(49)51-26-34-23-32-13-7-10-16-37(32)54-34)24-33-25-46(36-15-9-8-14-35(33)36)41(50)53-27-52-38(47)31-19-17-29(18-20-31)21-22-43-3;1-26(28-10-4-3-5-11-28)41-37(46)40(2,42-38(47)49-24-32-20-30-12-6-9-15-35(30)52-32)21-31-22-43(34-14-8-7-13-33(31)34)39(48)51-25-50-36(45)29-18-16-27(23-44)17-19-29/h4-20,23,25,28H,3,24,26-27H2,1-2H3,(H,44,48)(H,45,49);3-20,22-23,26H,21,24-25H2,1-2H3,(H,41,46)(H,42,47)/t28-,42+;26-,40+/m00/s1. The SMILES string of the molecule is C=NC#Cc1ccc(C(=O)OCOC(=O)n2cc(C[C@@](C)(NC(=O)OCc3cc4ccccc4o3)C(=O)N[C@@H](C)c3ccccc3)c3ccccc32)cc1.C[C@H](NC(=O)[C@@](C)(Cc1cn(C(=O)OCOC(=O)c2ccc(C=O)cc2)c2ccccc12)NC(=O)OCc1cc2ccccc2o1)c1ccccc1. The first-order valence-electron chi connectivity index (χ1n) is 33.3. The van der Waals surface area contributed by atoms with E-state index in [0.717, 1.165) is 21.9 Å². The van der Waals surface area contributed by atoms with Gasteiger partial charge < -0.3 is 58.5 Å². The van der Waals surface area contributed by atoms with Crippen LogP contribution >= 0.6 is 0 Å². The quantitative estimate of drug-likeness (QED) is 0.0115. The van der Waals surface area contributed by atoms with E-state index < -0.39 is 84.9 Å². The van der Waals surface area contributed by atoms with Crippen LogP contribution in [-0.4, -0.2) is 94.9 Å². The van der Waals surface area contributed by atoms with Gasteiger partial charge in [0.25, 0.3) is 0 Å². The number of rotatable bonds is 23. The lowest BCUT2D eigenvalue weighted by Gasteiger charge is -2.30. The fraction of sp³-hybridized carbons (Fsp3) is 0.171. The number of nitrogens with zero attached hydrogens (tertiary/aromatic N) is 3. The highest BCUT2D eigenvalue weighted by Gasteiger charge is 2.40. The number of aldehydes is 1. The molecule has 536 valence electrons. The summed E-state index contributed by atoms with van der Waals surface area (Å²) in [4.78, 5) is 121. The van der Waals surface area contributed by atoms with Gasteiger partial charge >= 0.3 is 36.3 Å². The Morgan fingerprint density at radius 3 is 1.31 bits per heavy atom. The van der Waals surface area contributed by atoms with Crippen molar-refractivity contribution < 1.29 is 80.4 Å². The number of alkyl carbamates (subject to hydrolysis) is 2. The highest BCUT2D eigenvalue weighted by atomic mass is 16.7. The number of aliphatic imine (C=N–C) groups is 1. The molecule has 0 spiro atoms. The first-order valence-corrected chi connectivity index (χ1v) is 33.3. The summed E-state index contributed by atoms with van der Waals surface area (Å²) < 4.78 is 46.0. The molecule has 24 heteroatoms. The molecule has 0 aliphatic heterocycles. The predicted molar refractivity (Wildman–Crippen MR) is 392 cm³/mol. The first-order chi connectivity index (χ1) is 51.3. The number of amides is 4. The maximum Gasteiger partial charge on any atom is 0.421 e. The number of carbonyl (C=O) groups excluding carboxylic acids is 9.